The molecule has 2 aliphatic heterocycles. The molecule has 0 saturated carbocycles. The molecule has 0 aromatic heterocycles. The summed E-state index contributed by atoms with van der Waals surface area (Å²) in [5.74, 6) is -0.709. The van der Waals surface area contributed by atoms with Crippen molar-refractivity contribution in [3.8, 4) is 0 Å². The molecule has 2 fully saturated rings. The van der Waals surface area contributed by atoms with Crippen molar-refractivity contribution in [3.63, 3.8) is 0 Å². The quantitative estimate of drug-likeness (QED) is 0.673. The minimum Gasteiger partial charge on any atom is -0.461 e. The number of ether oxygens (including phenoxy) is 2. The van der Waals surface area contributed by atoms with E-state index in [0.29, 0.717) is 38.8 Å². The van der Waals surface area contributed by atoms with Gasteiger partial charge in [0.05, 0.1) is 6.04 Å². The lowest BCUT2D eigenvalue weighted by Crippen LogP contribution is -2.62. The first-order valence-corrected chi connectivity index (χ1v) is 8.47. The van der Waals surface area contributed by atoms with E-state index < -0.39 is 36.4 Å². The van der Waals surface area contributed by atoms with Crippen LogP contribution in [0.25, 0.3) is 0 Å². The average molecular weight is 329 g/mol. The lowest BCUT2D eigenvalue weighted by Gasteiger charge is -2.42. The molecule has 7 nitrogen and oxygen atoms in total. The number of esters is 2. The highest BCUT2D eigenvalue weighted by molar-refractivity contribution is 5.70. The van der Waals surface area contributed by atoms with Crippen molar-refractivity contribution < 1.29 is 29.3 Å². The summed E-state index contributed by atoms with van der Waals surface area (Å²) in [5.41, 5.74) is 0. The third-order valence-electron chi connectivity index (χ3n) is 4.45. The number of carbonyl (C=O) groups is 2. The Bertz CT molecular complexity index is 429. The van der Waals surface area contributed by atoms with Gasteiger partial charge >= 0.3 is 11.9 Å². The van der Waals surface area contributed by atoms with E-state index in [2.05, 4.69) is 0 Å². The molecule has 7 heteroatoms. The van der Waals surface area contributed by atoms with Gasteiger partial charge in [0, 0.05) is 25.9 Å². The van der Waals surface area contributed by atoms with E-state index in [1.807, 2.05) is 18.7 Å². The van der Waals surface area contributed by atoms with E-state index in [-0.39, 0.29) is 12.4 Å². The minimum atomic E-state index is -1.07. The van der Waals surface area contributed by atoms with Gasteiger partial charge in [-0.05, 0) is 19.3 Å². The van der Waals surface area contributed by atoms with E-state index in [9.17, 15) is 19.8 Å². The molecule has 0 spiro atoms. The van der Waals surface area contributed by atoms with Crippen LogP contribution in [0.3, 0.4) is 0 Å². The van der Waals surface area contributed by atoms with Crippen molar-refractivity contribution >= 4 is 11.9 Å². The van der Waals surface area contributed by atoms with E-state index in [4.69, 9.17) is 9.47 Å². The SMILES string of the molecule is CCCC(=O)O[C@H]1[C@H](O)[C@H]2[C@@H](OC(=O)CCC)CCN2C[C@@H]1O. The molecule has 0 amide bonds. The summed E-state index contributed by atoms with van der Waals surface area (Å²) < 4.78 is 10.7. The normalized spacial score (nSPS) is 34.0. The maximum atomic E-state index is 11.7. The van der Waals surface area contributed by atoms with Crippen LogP contribution in [0, 0.1) is 0 Å². The molecule has 0 aromatic rings. The molecular weight excluding hydrogens is 302 g/mol. The van der Waals surface area contributed by atoms with Crippen LogP contribution < -0.4 is 0 Å². The van der Waals surface area contributed by atoms with Crippen molar-refractivity contribution in [1.29, 1.82) is 0 Å². The Morgan fingerprint density at radius 1 is 1.09 bits per heavy atom. The number of carbonyl (C=O) groups excluding carboxylic acids is 2. The van der Waals surface area contributed by atoms with Crippen molar-refractivity contribution in [3.05, 3.63) is 0 Å². The summed E-state index contributed by atoms with van der Waals surface area (Å²) in [4.78, 5) is 25.3. The van der Waals surface area contributed by atoms with Gasteiger partial charge in [-0.2, -0.15) is 0 Å². The van der Waals surface area contributed by atoms with Gasteiger partial charge in [-0.3, -0.25) is 14.5 Å². The lowest BCUT2D eigenvalue weighted by atomic mass is 9.92. The maximum Gasteiger partial charge on any atom is 0.306 e. The summed E-state index contributed by atoms with van der Waals surface area (Å²) in [7, 11) is 0. The highest BCUT2D eigenvalue weighted by atomic mass is 16.6. The van der Waals surface area contributed by atoms with Gasteiger partial charge in [0.15, 0.2) is 6.10 Å². The van der Waals surface area contributed by atoms with Crippen molar-refractivity contribution in [2.75, 3.05) is 13.1 Å². The molecule has 0 bridgehead atoms. The van der Waals surface area contributed by atoms with E-state index in [1.54, 1.807) is 0 Å². The Kier molecular flexibility index (Phi) is 6.38. The fourth-order valence-corrected chi connectivity index (χ4v) is 3.39. The van der Waals surface area contributed by atoms with Gasteiger partial charge in [-0.1, -0.05) is 13.8 Å². The zero-order valence-corrected chi connectivity index (χ0v) is 13.8. The molecule has 0 unspecified atom stereocenters. The van der Waals surface area contributed by atoms with Crippen molar-refractivity contribution in [1.82, 2.24) is 4.90 Å². The average Bonchev–Trinajstić information content (AvgIpc) is 2.86. The number of aliphatic hydroxyl groups is 2. The predicted octanol–water partition coefficient (Wildman–Crippen LogP) is 0.220. The van der Waals surface area contributed by atoms with Gasteiger partial charge in [-0.15, -0.1) is 0 Å². The summed E-state index contributed by atoms with van der Waals surface area (Å²) in [6.45, 7) is 4.69. The Hall–Kier alpha value is -1.18. The Morgan fingerprint density at radius 2 is 1.70 bits per heavy atom. The topological polar surface area (TPSA) is 96.3 Å². The van der Waals surface area contributed by atoms with Gasteiger partial charge in [0.25, 0.3) is 0 Å². The largest absolute Gasteiger partial charge is 0.461 e. The Labute approximate surface area is 136 Å². The maximum absolute atomic E-state index is 11.7. The summed E-state index contributed by atoms with van der Waals surface area (Å²) in [6.07, 6.45) is -0.850. The fourth-order valence-electron chi connectivity index (χ4n) is 3.39. The van der Waals surface area contributed by atoms with Gasteiger partial charge in [-0.25, -0.2) is 0 Å². The molecule has 2 aliphatic rings. The number of hydrogen-bond acceptors (Lipinski definition) is 7. The lowest BCUT2D eigenvalue weighted by molar-refractivity contribution is -0.188. The molecule has 2 saturated heterocycles. The smallest absolute Gasteiger partial charge is 0.306 e. The van der Waals surface area contributed by atoms with Crippen LogP contribution in [-0.4, -0.2) is 70.6 Å². The Morgan fingerprint density at radius 3 is 2.30 bits per heavy atom. The summed E-state index contributed by atoms with van der Waals surface area (Å²) >= 11 is 0. The van der Waals surface area contributed by atoms with Crippen LogP contribution in [0.5, 0.6) is 0 Å². The zero-order chi connectivity index (χ0) is 17.0. The van der Waals surface area contributed by atoms with E-state index in [1.165, 1.54) is 0 Å². The Balaban J connectivity index is 2.03. The zero-order valence-electron chi connectivity index (χ0n) is 13.8. The van der Waals surface area contributed by atoms with Crippen LogP contribution in [0.2, 0.25) is 0 Å². The molecule has 23 heavy (non-hydrogen) atoms. The summed E-state index contributed by atoms with van der Waals surface area (Å²) in [5, 5.41) is 20.7. The second-order valence-electron chi connectivity index (χ2n) is 6.31. The molecule has 0 radical (unpaired) electrons. The van der Waals surface area contributed by atoms with Crippen LogP contribution in [0.4, 0.5) is 0 Å². The van der Waals surface area contributed by atoms with Crippen LogP contribution in [-0.2, 0) is 19.1 Å². The monoisotopic (exact) mass is 329 g/mol. The molecular formula is C16H27NO6. The third kappa shape index (κ3) is 4.22. The number of rotatable bonds is 6. The molecule has 132 valence electrons. The minimum absolute atomic E-state index is 0.249. The third-order valence-corrected chi connectivity index (χ3v) is 4.45. The molecule has 0 aromatic carbocycles. The number of aliphatic hydroxyl groups excluding tert-OH is 2. The number of piperidine rings is 1. The predicted molar refractivity (Wildman–Crippen MR) is 81.6 cm³/mol. The first kappa shape index (κ1) is 18.2. The van der Waals surface area contributed by atoms with Gasteiger partial charge in [0.1, 0.15) is 18.3 Å². The second kappa shape index (κ2) is 8.08. The highest BCUT2D eigenvalue weighted by Gasteiger charge is 2.51. The second-order valence-corrected chi connectivity index (χ2v) is 6.31. The molecule has 5 atom stereocenters. The van der Waals surface area contributed by atoms with E-state index >= 15 is 0 Å². The van der Waals surface area contributed by atoms with Crippen molar-refractivity contribution in [2.24, 2.45) is 0 Å². The van der Waals surface area contributed by atoms with Crippen LogP contribution in [0.15, 0.2) is 0 Å². The molecule has 2 heterocycles. The number of nitrogens with zero attached hydrogens (tertiary/aromatic N) is 1. The highest BCUT2D eigenvalue weighted by Crippen LogP contribution is 2.31. The van der Waals surface area contributed by atoms with Gasteiger partial charge in [0.2, 0.25) is 0 Å². The van der Waals surface area contributed by atoms with Crippen LogP contribution >= 0.6 is 0 Å². The standard InChI is InChI=1S/C16H27NO6/c1-3-5-12(19)22-11-7-8-17-9-10(18)16(15(21)14(11)17)23-13(20)6-4-2/h10-11,14-16,18,21H,3-9H2,1-2H3/t10-,11-,14+,15+,16+/m0/s1. The van der Waals surface area contributed by atoms with Gasteiger partial charge < -0.3 is 19.7 Å². The van der Waals surface area contributed by atoms with Crippen LogP contribution in [0.1, 0.15) is 46.0 Å². The summed E-state index contributed by atoms with van der Waals surface area (Å²) in [6, 6.07) is -0.432. The first-order chi connectivity index (χ1) is 11.0. The number of hydrogen-bond donors (Lipinski definition) is 2. The van der Waals surface area contributed by atoms with Crippen molar-refractivity contribution in [2.45, 2.75) is 76.4 Å². The molecule has 0 aliphatic carbocycles. The molecule has 2 rings (SSSR count). The number of fused-ring (bicyclic) bond motifs is 1. The van der Waals surface area contributed by atoms with E-state index in [0.717, 1.165) is 0 Å². The molecule has 2 N–H and O–H groups in total. The fraction of sp³-hybridized carbons (Fsp3) is 0.875. The first-order valence-electron chi connectivity index (χ1n) is 8.47.